The van der Waals surface area contributed by atoms with E-state index in [0.29, 0.717) is 0 Å². The Kier molecular flexibility index (Phi) is 10.8. The smallest absolute Gasteiger partial charge is 1.00 e. The molecular formula is C13H24Cl3Si2Zr. The van der Waals surface area contributed by atoms with E-state index in [2.05, 4.69) is 45.3 Å². The molecule has 0 aliphatic heterocycles. The van der Waals surface area contributed by atoms with Gasteiger partial charge >= 0.3 is 129 Å². The second-order valence-corrected chi connectivity index (χ2v) is 19.6. The first-order chi connectivity index (χ1) is 7.71. The van der Waals surface area contributed by atoms with E-state index in [1.807, 2.05) is 0 Å². The molecule has 0 aromatic rings. The fraction of sp³-hybridized carbons (Fsp3) is 0.692. The van der Waals surface area contributed by atoms with Crippen LogP contribution in [0.2, 0.25) is 31.4 Å². The summed E-state index contributed by atoms with van der Waals surface area (Å²) in [4.78, 5) is 0. The fourth-order valence-corrected chi connectivity index (χ4v) is 19.9. The monoisotopic (exact) mass is 431 g/mol. The van der Waals surface area contributed by atoms with Crippen LogP contribution in [0.15, 0.2) is 20.6 Å². The molecule has 19 heavy (non-hydrogen) atoms. The van der Waals surface area contributed by atoms with Gasteiger partial charge in [-0.3, -0.25) is 0 Å². The van der Waals surface area contributed by atoms with Crippen LogP contribution in [0.4, 0.5) is 0 Å². The van der Waals surface area contributed by atoms with Crippen molar-refractivity contribution in [1.29, 1.82) is 0 Å². The minimum atomic E-state index is -1.56. The Labute approximate surface area is 153 Å². The van der Waals surface area contributed by atoms with Gasteiger partial charge < -0.3 is 24.8 Å². The van der Waals surface area contributed by atoms with E-state index >= 15 is 0 Å². The standard InChI is InChI=1S/C13H24ClSi2.2ClH.Zr/c1-6-9-13(16(4,5)14)15(2,3)12-10-7-8-11-12;;;/h7,10,13H,6,8-9H2,1-5H3;2*1H;/q;;;+2/p-2. The Balaban J connectivity index is 0. The molecule has 0 amide bonds. The third-order valence-corrected chi connectivity index (χ3v) is 17.2. The van der Waals surface area contributed by atoms with Gasteiger partial charge in [-0.1, -0.05) is 0 Å². The Hall–Kier alpha value is 1.67. The molecule has 1 rings (SSSR count). The summed E-state index contributed by atoms with van der Waals surface area (Å²) >= 11 is 8.43. The van der Waals surface area contributed by atoms with E-state index in [1.165, 1.54) is 19.3 Å². The Morgan fingerprint density at radius 2 is 1.79 bits per heavy atom. The first-order valence-electron chi connectivity index (χ1n) is 6.52. The van der Waals surface area contributed by atoms with Crippen LogP contribution in [0, 0.1) is 0 Å². The second-order valence-electron chi connectivity index (χ2n) is 6.13. The van der Waals surface area contributed by atoms with Crippen molar-refractivity contribution >= 4 is 26.5 Å². The van der Waals surface area contributed by atoms with Gasteiger partial charge in [0.15, 0.2) is 0 Å². The number of hydrogen-bond acceptors (Lipinski definition) is 0. The van der Waals surface area contributed by atoms with Gasteiger partial charge in [0.2, 0.25) is 0 Å². The van der Waals surface area contributed by atoms with Crippen LogP contribution in [0.25, 0.3) is 0 Å². The molecule has 0 saturated carbocycles. The van der Waals surface area contributed by atoms with Gasteiger partial charge in [0, 0.05) is 0 Å². The Morgan fingerprint density at radius 3 is 2.11 bits per heavy atom. The summed E-state index contributed by atoms with van der Waals surface area (Å²) in [6.07, 6.45) is 8.55. The van der Waals surface area contributed by atoms with Gasteiger partial charge in [-0.2, -0.15) is 0 Å². The minimum absolute atomic E-state index is 0. The molecule has 0 spiro atoms. The molecule has 0 aromatic carbocycles. The van der Waals surface area contributed by atoms with Crippen molar-refractivity contribution in [1.82, 2.24) is 0 Å². The molecule has 0 N–H and O–H groups in total. The molecule has 0 saturated heterocycles. The molecule has 0 aromatic heterocycles. The van der Waals surface area contributed by atoms with Crippen molar-refractivity contribution in [3.05, 3.63) is 20.6 Å². The summed E-state index contributed by atoms with van der Waals surface area (Å²) in [5, 5.41) is 2.52. The predicted octanol–water partition coefficient (Wildman–Crippen LogP) is -0.844. The molecule has 1 unspecified atom stereocenters. The molecule has 1 aliphatic rings. The molecular weight excluding hydrogens is 410 g/mol. The third-order valence-electron chi connectivity index (χ3n) is 3.90. The van der Waals surface area contributed by atoms with E-state index in [-0.39, 0.29) is 24.8 Å². The number of allylic oxidation sites excluding steroid dienone is 4. The first kappa shape index (κ1) is 22.9. The zero-order chi connectivity index (χ0) is 13.3. The van der Waals surface area contributed by atoms with Gasteiger partial charge in [0.1, 0.15) is 0 Å². The molecule has 1 aliphatic carbocycles. The molecule has 0 nitrogen and oxygen atoms in total. The maximum absolute atomic E-state index is 6.82. The van der Waals surface area contributed by atoms with Crippen LogP contribution in [0.1, 0.15) is 26.2 Å². The topological polar surface area (TPSA) is 0 Å². The number of rotatable bonds is 5. The first-order valence-corrected chi connectivity index (χ1v) is 14.9. The summed E-state index contributed by atoms with van der Waals surface area (Å²) in [6.45, 7) is 12.1. The zero-order valence-electron chi connectivity index (χ0n) is 12.5. The second kappa shape index (κ2) is 8.95. The van der Waals surface area contributed by atoms with Crippen LogP contribution >= 0.6 is 11.1 Å². The van der Waals surface area contributed by atoms with E-state index in [0.717, 1.165) is 5.16 Å². The maximum Gasteiger partial charge on any atom is -1.00 e. The number of hydrogen-bond donors (Lipinski definition) is 0. The fourth-order valence-electron chi connectivity index (χ4n) is 3.15. The molecule has 0 radical (unpaired) electrons. The summed E-state index contributed by atoms with van der Waals surface area (Å²) in [7, 11) is -2.94. The van der Waals surface area contributed by atoms with Crippen LogP contribution in [0.5, 0.6) is 0 Å². The Bertz CT molecular complexity index is 346. The van der Waals surface area contributed by atoms with Gasteiger partial charge in [-0.15, -0.1) is 0 Å². The van der Waals surface area contributed by atoms with E-state index in [1.54, 1.807) is 33.2 Å². The average molecular weight is 434 g/mol. The van der Waals surface area contributed by atoms with E-state index in [9.17, 15) is 0 Å². The van der Waals surface area contributed by atoms with Crippen molar-refractivity contribution in [3.8, 4) is 0 Å². The van der Waals surface area contributed by atoms with Crippen molar-refractivity contribution < 1.29 is 49.5 Å². The molecule has 0 heterocycles. The molecule has 109 valence electrons. The van der Waals surface area contributed by atoms with Gasteiger partial charge in [-0.05, 0) is 0 Å². The van der Waals surface area contributed by atoms with Crippen LogP contribution in [-0.4, -0.2) is 15.5 Å². The van der Waals surface area contributed by atoms with Crippen LogP contribution in [-0.2, 0) is 24.7 Å². The van der Waals surface area contributed by atoms with Gasteiger partial charge in [0.25, 0.3) is 0 Å². The maximum atomic E-state index is 6.82. The summed E-state index contributed by atoms with van der Waals surface area (Å²) < 4.78 is 1.69. The van der Waals surface area contributed by atoms with Crippen LogP contribution in [0.3, 0.4) is 0 Å². The predicted molar refractivity (Wildman–Crippen MR) is 80.3 cm³/mol. The van der Waals surface area contributed by atoms with Crippen molar-refractivity contribution in [3.63, 3.8) is 0 Å². The summed E-state index contributed by atoms with van der Waals surface area (Å²) in [5.41, 5.74) is 0. The van der Waals surface area contributed by atoms with E-state index in [4.69, 9.17) is 11.1 Å². The van der Waals surface area contributed by atoms with Crippen molar-refractivity contribution in [2.24, 2.45) is 0 Å². The van der Waals surface area contributed by atoms with Crippen LogP contribution < -0.4 is 24.8 Å². The average Bonchev–Trinajstić information content (AvgIpc) is 2.59. The number of halogens is 3. The quantitative estimate of drug-likeness (QED) is 0.391. The summed E-state index contributed by atoms with van der Waals surface area (Å²) in [6, 6.07) is 0. The molecule has 0 fully saturated rings. The van der Waals surface area contributed by atoms with Gasteiger partial charge in [-0.25, -0.2) is 0 Å². The Morgan fingerprint density at radius 1 is 1.26 bits per heavy atom. The molecule has 6 heteroatoms. The van der Waals surface area contributed by atoms with Crippen molar-refractivity contribution in [2.75, 3.05) is 0 Å². The normalized spacial score (nSPS) is 17.1. The molecule has 0 bridgehead atoms. The zero-order valence-corrected chi connectivity index (χ0v) is 19.2. The van der Waals surface area contributed by atoms with Crippen molar-refractivity contribution in [2.45, 2.75) is 57.5 Å². The minimum Gasteiger partial charge on any atom is -1.00 e. The summed E-state index contributed by atoms with van der Waals surface area (Å²) in [5.74, 6) is 0. The largest absolute Gasteiger partial charge is 1.00 e. The third kappa shape index (κ3) is 5.75. The van der Waals surface area contributed by atoms with E-state index < -0.39 is 15.5 Å². The molecule has 1 atom stereocenters. The SMILES string of the molecule is CCCC([Si](C)(C)Cl)[Si](C)(C)C1=[C]([Zr+2])CC=C1.[Cl-].[Cl-]. The van der Waals surface area contributed by atoms with Gasteiger partial charge in [0.05, 0.1) is 0 Å².